The maximum atomic E-state index is 12.5. The number of nitrogen functional groups attached to an aromatic ring is 1. The van der Waals surface area contributed by atoms with Crippen LogP contribution < -0.4 is 11.1 Å². The fourth-order valence-corrected chi connectivity index (χ4v) is 5.25. The Labute approximate surface area is 202 Å². The molecule has 32 heavy (non-hydrogen) atoms. The van der Waals surface area contributed by atoms with Gasteiger partial charge in [-0.05, 0) is 71.8 Å². The van der Waals surface area contributed by atoms with Crippen LogP contribution in [0, 0.1) is 0 Å². The van der Waals surface area contributed by atoms with Crippen molar-refractivity contribution in [2.75, 3.05) is 12.3 Å². The van der Waals surface area contributed by atoms with E-state index in [1.807, 2.05) is 36.4 Å². The van der Waals surface area contributed by atoms with Gasteiger partial charge in [-0.25, -0.2) is 9.59 Å². The molecule has 0 unspecified atom stereocenters. The van der Waals surface area contributed by atoms with Crippen LogP contribution in [0.15, 0.2) is 69.6 Å². The summed E-state index contributed by atoms with van der Waals surface area (Å²) >= 11 is 6.70. The molecule has 0 fully saturated rings. The number of carboxylic acid groups (broad SMARTS) is 1. The van der Waals surface area contributed by atoms with Crippen molar-refractivity contribution in [3.05, 3.63) is 86.3 Å². The van der Waals surface area contributed by atoms with Crippen LogP contribution in [0.2, 0.25) is 0 Å². The van der Waals surface area contributed by atoms with Gasteiger partial charge in [0.05, 0.1) is 5.69 Å². The highest BCUT2D eigenvalue weighted by molar-refractivity contribution is 9.11. The molecule has 0 aromatic heterocycles. The Morgan fingerprint density at radius 2 is 1.53 bits per heavy atom. The third kappa shape index (κ3) is 4.52. The molecule has 4 rings (SSSR count). The van der Waals surface area contributed by atoms with Crippen LogP contribution in [0.3, 0.4) is 0 Å². The largest absolute Gasteiger partial charge is 0.480 e. The Balaban J connectivity index is 1.44. The van der Waals surface area contributed by atoms with Crippen molar-refractivity contribution in [1.29, 1.82) is 0 Å². The van der Waals surface area contributed by atoms with E-state index < -0.39 is 18.1 Å². The fourth-order valence-electron chi connectivity index (χ4n) is 3.97. The zero-order chi connectivity index (χ0) is 22.8. The summed E-state index contributed by atoms with van der Waals surface area (Å²) in [6, 6.07) is 18.4. The number of rotatable bonds is 6. The van der Waals surface area contributed by atoms with Crippen molar-refractivity contribution in [2.24, 2.45) is 0 Å². The molecule has 164 valence electrons. The number of hydrogen-bond acceptors (Lipinski definition) is 4. The number of ether oxygens (including phenoxy) is 1. The Morgan fingerprint density at radius 1 is 1.00 bits per heavy atom. The zero-order valence-corrected chi connectivity index (χ0v) is 20.0. The molecule has 1 aliphatic rings. The predicted octanol–water partition coefficient (Wildman–Crippen LogP) is 5.33. The van der Waals surface area contributed by atoms with E-state index in [4.69, 9.17) is 10.5 Å². The zero-order valence-electron chi connectivity index (χ0n) is 16.8. The van der Waals surface area contributed by atoms with Crippen LogP contribution in [-0.2, 0) is 16.0 Å². The van der Waals surface area contributed by atoms with Gasteiger partial charge >= 0.3 is 12.1 Å². The van der Waals surface area contributed by atoms with Crippen LogP contribution in [0.1, 0.15) is 22.6 Å². The first kappa shape index (κ1) is 22.4. The fraction of sp³-hybridized carbons (Fsp3) is 0.167. The average Bonchev–Trinajstić information content (AvgIpc) is 3.09. The SMILES string of the molecule is Nc1c(Br)cc(C[C@H](NC(=O)OCC2c3ccccc3-c3ccccc32)C(=O)O)cc1Br. The number of nitrogens with two attached hydrogens (primary N) is 1. The molecule has 0 spiro atoms. The van der Waals surface area contributed by atoms with Crippen molar-refractivity contribution in [3.63, 3.8) is 0 Å². The van der Waals surface area contributed by atoms with Gasteiger partial charge in [0.1, 0.15) is 12.6 Å². The van der Waals surface area contributed by atoms with E-state index in [9.17, 15) is 14.7 Å². The van der Waals surface area contributed by atoms with Crippen LogP contribution >= 0.6 is 31.9 Å². The van der Waals surface area contributed by atoms with Gasteiger partial charge in [0.2, 0.25) is 0 Å². The summed E-state index contributed by atoms with van der Waals surface area (Å²) in [4.78, 5) is 24.2. The lowest BCUT2D eigenvalue weighted by Gasteiger charge is -2.18. The summed E-state index contributed by atoms with van der Waals surface area (Å²) in [5, 5.41) is 12.1. The molecule has 3 aromatic rings. The van der Waals surface area contributed by atoms with Crippen LogP contribution in [-0.4, -0.2) is 29.8 Å². The van der Waals surface area contributed by atoms with Crippen LogP contribution in [0.25, 0.3) is 11.1 Å². The van der Waals surface area contributed by atoms with E-state index in [2.05, 4.69) is 49.3 Å². The Bertz CT molecular complexity index is 1130. The van der Waals surface area contributed by atoms with Gasteiger partial charge in [0.15, 0.2) is 0 Å². The number of benzene rings is 3. The first-order valence-corrected chi connectivity index (χ1v) is 11.5. The normalized spacial score (nSPS) is 13.2. The van der Waals surface area contributed by atoms with Crippen molar-refractivity contribution in [3.8, 4) is 11.1 Å². The number of nitrogens with one attached hydrogen (secondary N) is 1. The maximum absolute atomic E-state index is 12.5. The van der Waals surface area contributed by atoms with Crippen LogP contribution in [0.5, 0.6) is 0 Å². The Morgan fingerprint density at radius 3 is 2.06 bits per heavy atom. The molecule has 6 nitrogen and oxygen atoms in total. The number of fused-ring (bicyclic) bond motifs is 3. The molecule has 3 aromatic carbocycles. The molecule has 1 aliphatic carbocycles. The number of halogens is 2. The minimum atomic E-state index is -1.15. The average molecular weight is 560 g/mol. The summed E-state index contributed by atoms with van der Waals surface area (Å²) in [5.41, 5.74) is 11.5. The predicted molar refractivity (Wildman–Crippen MR) is 130 cm³/mol. The second-order valence-electron chi connectivity index (χ2n) is 7.54. The number of carbonyl (C=O) groups is 2. The highest BCUT2D eigenvalue weighted by Gasteiger charge is 2.29. The van der Waals surface area contributed by atoms with E-state index in [-0.39, 0.29) is 18.9 Å². The highest BCUT2D eigenvalue weighted by Crippen LogP contribution is 2.44. The first-order chi connectivity index (χ1) is 15.3. The Kier molecular flexibility index (Phi) is 6.53. The lowest BCUT2D eigenvalue weighted by molar-refractivity contribution is -0.139. The quantitative estimate of drug-likeness (QED) is 0.354. The smallest absolute Gasteiger partial charge is 0.407 e. The topological polar surface area (TPSA) is 102 Å². The molecule has 1 atom stereocenters. The molecule has 8 heteroatoms. The van der Waals surface area contributed by atoms with Gasteiger partial charge in [-0.15, -0.1) is 0 Å². The standard InChI is InChI=1S/C24H20Br2N2O4/c25-19-9-13(10-20(26)22(19)27)11-21(23(29)30)28-24(31)32-12-18-16-7-3-1-5-14(16)15-6-2-4-8-17(15)18/h1-10,18,21H,11-12,27H2,(H,28,31)(H,29,30)/t21-/m0/s1. The Hall–Kier alpha value is -2.84. The second kappa shape index (κ2) is 9.34. The number of anilines is 1. The van der Waals surface area contributed by atoms with E-state index >= 15 is 0 Å². The van der Waals surface area contributed by atoms with E-state index in [1.54, 1.807) is 12.1 Å². The number of hydrogen-bond donors (Lipinski definition) is 3. The number of alkyl carbamates (subject to hydrolysis) is 1. The van der Waals surface area contributed by atoms with E-state index in [0.717, 1.165) is 22.3 Å². The molecule has 0 bridgehead atoms. The monoisotopic (exact) mass is 558 g/mol. The van der Waals surface area contributed by atoms with Crippen molar-refractivity contribution in [1.82, 2.24) is 5.32 Å². The molecule has 1 amide bonds. The van der Waals surface area contributed by atoms with Gasteiger partial charge in [0.25, 0.3) is 0 Å². The molecular formula is C24H20Br2N2O4. The van der Waals surface area contributed by atoms with E-state index in [0.29, 0.717) is 20.2 Å². The molecule has 0 saturated carbocycles. The highest BCUT2D eigenvalue weighted by atomic mass is 79.9. The molecule has 0 saturated heterocycles. The van der Waals surface area contributed by atoms with Gasteiger partial charge in [-0.2, -0.15) is 0 Å². The molecule has 0 radical (unpaired) electrons. The number of carboxylic acids is 1. The summed E-state index contributed by atoms with van der Waals surface area (Å²) in [6.07, 6.45) is -0.690. The van der Waals surface area contributed by atoms with Crippen molar-refractivity contribution >= 4 is 49.6 Å². The maximum Gasteiger partial charge on any atom is 0.407 e. The minimum absolute atomic E-state index is 0.0804. The summed E-state index contributed by atoms with van der Waals surface area (Å²) < 4.78 is 6.76. The van der Waals surface area contributed by atoms with Gasteiger partial charge in [-0.3, -0.25) is 0 Å². The summed E-state index contributed by atoms with van der Waals surface area (Å²) in [6.45, 7) is 0.116. The minimum Gasteiger partial charge on any atom is -0.480 e. The second-order valence-corrected chi connectivity index (χ2v) is 9.25. The third-order valence-electron chi connectivity index (χ3n) is 5.51. The molecular weight excluding hydrogens is 540 g/mol. The number of amides is 1. The van der Waals surface area contributed by atoms with Crippen molar-refractivity contribution < 1.29 is 19.4 Å². The number of aliphatic carboxylic acids is 1. The molecule has 0 heterocycles. The molecule has 0 aliphatic heterocycles. The van der Waals surface area contributed by atoms with Crippen LogP contribution in [0.4, 0.5) is 10.5 Å². The van der Waals surface area contributed by atoms with Gasteiger partial charge in [-0.1, -0.05) is 48.5 Å². The molecule has 4 N–H and O–H groups in total. The first-order valence-electron chi connectivity index (χ1n) is 9.93. The summed E-state index contributed by atoms with van der Waals surface area (Å²) in [5.74, 6) is -1.25. The number of carbonyl (C=O) groups excluding carboxylic acids is 1. The lowest BCUT2D eigenvalue weighted by Crippen LogP contribution is -2.42. The summed E-state index contributed by atoms with van der Waals surface area (Å²) in [7, 11) is 0. The van der Waals surface area contributed by atoms with Gasteiger partial charge < -0.3 is 20.9 Å². The third-order valence-corrected chi connectivity index (χ3v) is 6.82. The van der Waals surface area contributed by atoms with E-state index in [1.165, 1.54) is 0 Å². The van der Waals surface area contributed by atoms with Gasteiger partial charge in [0, 0.05) is 21.3 Å². The lowest BCUT2D eigenvalue weighted by atomic mass is 9.98. The van der Waals surface area contributed by atoms with Crippen molar-refractivity contribution in [2.45, 2.75) is 18.4 Å².